The van der Waals surface area contributed by atoms with Gasteiger partial charge in [0.25, 0.3) is 0 Å². The highest BCUT2D eigenvalue weighted by molar-refractivity contribution is 5.75. The van der Waals surface area contributed by atoms with Gasteiger partial charge in [0, 0.05) is 26.2 Å². The monoisotopic (exact) mass is 304 g/mol. The van der Waals surface area contributed by atoms with Crippen LogP contribution in [0.5, 0.6) is 0 Å². The van der Waals surface area contributed by atoms with Gasteiger partial charge in [0.2, 0.25) is 0 Å². The lowest BCUT2D eigenvalue weighted by Gasteiger charge is -2.37. The molecular weight excluding hydrogens is 276 g/mol. The molecule has 1 aliphatic heterocycles. The number of carboxylic acids is 1. The summed E-state index contributed by atoms with van der Waals surface area (Å²) in [5.74, 6) is -0.281. The molecule has 122 valence electrons. The molecule has 0 saturated carbocycles. The number of piperazine rings is 1. The zero-order valence-electron chi connectivity index (χ0n) is 14.0. The second-order valence-corrected chi connectivity index (χ2v) is 6.44. The quantitative estimate of drug-likeness (QED) is 0.877. The van der Waals surface area contributed by atoms with Crippen LogP contribution in [-0.2, 0) is 4.79 Å². The van der Waals surface area contributed by atoms with Crippen LogP contribution in [0.25, 0.3) is 0 Å². The maximum absolute atomic E-state index is 11.8. The van der Waals surface area contributed by atoms with Gasteiger partial charge in [-0.1, -0.05) is 45.0 Å². The highest BCUT2D eigenvalue weighted by Crippen LogP contribution is 2.25. The zero-order chi connectivity index (χ0) is 16.1. The predicted octanol–water partition coefficient (Wildman–Crippen LogP) is 2.96. The summed E-state index contributed by atoms with van der Waals surface area (Å²) < 4.78 is 0. The van der Waals surface area contributed by atoms with Crippen LogP contribution in [0, 0.1) is 0 Å². The van der Waals surface area contributed by atoms with E-state index in [2.05, 4.69) is 42.7 Å². The standard InChI is InChI=1S/C18H28N2O2/c1-4-9-19-10-12-20(13-11-19)17(18(21)22)16-7-5-15(6-8-16)14(2)3/h5-8,14,17H,4,9-13H2,1-3H3,(H,21,22). The number of carboxylic acid groups (broad SMARTS) is 1. The Morgan fingerprint density at radius 1 is 1.09 bits per heavy atom. The molecule has 0 amide bonds. The van der Waals surface area contributed by atoms with E-state index >= 15 is 0 Å². The van der Waals surface area contributed by atoms with Crippen LogP contribution in [0.3, 0.4) is 0 Å². The molecule has 1 atom stereocenters. The Bertz CT molecular complexity index is 476. The maximum Gasteiger partial charge on any atom is 0.325 e. The van der Waals surface area contributed by atoms with Crippen molar-refractivity contribution < 1.29 is 9.90 Å². The second-order valence-electron chi connectivity index (χ2n) is 6.44. The van der Waals surface area contributed by atoms with Crippen molar-refractivity contribution in [2.75, 3.05) is 32.7 Å². The first-order valence-corrected chi connectivity index (χ1v) is 8.32. The van der Waals surface area contributed by atoms with Gasteiger partial charge in [-0.25, -0.2) is 0 Å². The minimum Gasteiger partial charge on any atom is -0.480 e. The molecule has 1 unspecified atom stereocenters. The molecule has 1 heterocycles. The summed E-state index contributed by atoms with van der Waals surface area (Å²) in [6.07, 6.45) is 1.15. The molecule has 0 radical (unpaired) electrons. The molecule has 4 nitrogen and oxygen atoms in total. The van der Waals surface area contributed by atoms with Crippen molar-refractivity contribution in [3.63, 3.8) is 0 Å². The highest BCUT2D eigenvalue weighted by Gasteiger charge is 2.30. The van der Waals surface area contributed by atoms with E-state index in [0.29, 0.717) is 5.92 Å². The summed E-state index contributed by atoms with van der Waals surface area (Å²) in [6.45, 7) is 11.2. The molecule has 0 aromatic heterocycles. The van der Waals surface area contributed by atoms with Gasteiger partial charge in [0.05, 0.1) is 0 Å². The number of carbonyl (C=O) groups is 1. The average molecular weight is 304 g/mol. The SMILES string of the molecule is CCCN1CCN(C(C(=O)O)c2ccc(C(C)C)cc2)CC1. The van der Waals surface area contributed by atoms with E-state index in [4.69, 9.17) is 0 Å². The minimum atomic E-state index is -0.749. The van der Waals surface area contributed by atoms with E-state index < -0.39 is 12.0 Å². The molecule has 0 spiro atoms. The third-order valence-electron chi connectivity index (χ3n) is 4.46. The van der Waals surface area contributed by atoms with Crippen LogP contribution in [0.4, 0.5) is 0 Å². The van der Waals surface area contributed by atoms with Crippen molar-refractivity contribution in [3.8, 4) is 0 Å². The molecule has 4 heteroatoms. The lowest BCUT2D eigenvalue weighted by atomic mass is 9.98. The third kappa shape index (κ3) is 4.08. The van der Waals surface area contributed by atoms with Crippen molar-refractivity contribution in [2.45, 2.75) is 39.2 Å². The molecule has 22 heavy (non-hydrogen) atoms. The molecule has 0 bridgehead atoms. The van der Waals surface area contributed by atoms with Crippen molar-refractivity contribution >= 4 is 5.97 Å². The van der Waals surface area contributed by atoms with Crippen molar-refractivity contribution in [2.24, 2.45) is 0 Å². The van der Waals surface area contributed by atoms with Crippen LogP contribution < -0.4 is 0 Å². The van der Waals surface area contributed by atoms with Gasteiger partial charge in [-0.05, 0) is 30.0 Å². The summed E-state index contributed by atoms with van der Waals surface area (Å²) in [5.41, 5.74) is 2.14. The molecule has 2 rings (SSSR count). The number of nitrogens with zero attached hydrogens (tertiary/aromatic N) is 2. The fourth-order valence-corrected chi connectivity index (χ4v) is 3.13. The molecular formula is C18H28N2O2. The van der Waals surface area contributed by atoms with Gasteiger partial charge in [0.1, 0.15) is 6.04 Å². The number of hydrogen-bond donors (Lipinski definition) is 1. The minimum absolute atomic E-state index is 0.468. The largest absolute Gasteiger partial charge is 0.480 e. The predicted molar refractivity (Wildman–Crippen MR) is 89.2 cm³/mol. The Kier molecular flexibility index (Phi) is 5.98. The second kappa shape index (κ2) is 7.75. The molecule has 1 aromatic carbocycles. The summed E-state index contributed by atoms with van der Waals surface area (Å²) in [4.78, 5) is 16.3. The lowest BCUT2D eigenvalue weighted by molar-refractivity contribution is -0.144. The van der Waals surface area contributed by atoms with Crippen LogP contribution in [0.15, 0.2) is 24.3 Å². The number of benzene rings is 1. The Morgan fingerprint density at radius 3 is 2.09 bits per heavy atom. The molecule has 1 fully saturated rings. The van der Waals surface area contributed by atoms with E-state index in [1.807, 2.05) is 12.1 Å². The van der Waals surface area contributed by atoms with Gasteiger partial charge >= 0.3 is 5.97 Å². The number of hydrogen-bond acceptors (Lipinski definition) is 3. The molecule has 1 N–H and O–H groups in total. The summed E-state index contributed by atoms with van der Waals surface area (Å²) in [6, 6.07) is 7.55. The number of rotatable bonds is 6. The number of aliphatic carboxylic acids is 1. The van der Waals surface area contributed by atoms with Gasteiger partial charge in [-0.3, -0.25) is 9.69 Å². The van der Waals surface area contributed by atoms with Gasteiger partial charge < -0.3 is 10.0 Å². The van der Waals surface area contributed by atoms with Crippen LogP contribution >= 0.6 is 0 Å². The molecule has 1 saturated heterocycles. The Labute approximate surface area is 133 Å². The summed E-state index contributed by atoms with van der Waals surface area (Å²) in [7, 11) is 0. The first kappa shape index (κ1) is 17.0. The normalized spacial score (nSPS) is 18.5. The topological polar surface area (TPSA) is 43.8 Å². The Balaban J connectivity index is 2.09. The van der Waals surface area contributed by atoms with E-state index in [0.717, 1.165) is 44.7 Å². The van der Waals surface area contributed by atoms with Crippen LogP contribution in [0.2, 0.25) is 0 Å². The summed E-state index contributed by atoms with van der Waals surface area (Å²) in [5, 5.41) is 9.67. The molecule has 1 aromatic rings. The van der Waals surface area contributed by atoms with Crippen LogP contribution in [-0.4, -0.2) is 53.6 Å². The summed E-state index contributed by atoms with van der Waals surface area (Å²) >= 11 is 0. The first-order chi connectivity index (χ1) is 10.5. The van der Waals surface area contributed by atoms with Gasteiger partial charge in [-0.15, -0.1) is 0 Å². The van der Waals surface area contributed by atoms with Crippen molar-refractivity contribution in [3.05, 3.63) is 35.4 Å². The fraction of sp³-hybridized carbons (Fsp3) is 0.611. The van der Waals surface area contributed by atoms with E-state index in [1.165, 1.54) is 5.56 Å². The lowest BCUT2D eigenvalue weighted by Crippen LogP contribution is -2.49. The first-order valence-electron chi connectivity index (χ1n) is 8.32. The van der Waals surface area contributed by atoms with Crippen LogP contribution in [0.1, 0.15) is 50.3 Å². The van der Waals surface area contributed by atoms with Crippen molar-refractivity contribution in [1.82, 2.24) is 9.80 Å². The fourth-order valence-electron chi connectivity index (χ4n) is 3.13. The van der Waals surface area contributed by atoms with E-state index in [9.17, 15) is 9.90 Å². The smallest absolute Gasteiger partial charge is 0.325 e. The van der Waals surface area contributed by atoms with Crippen molar-refractivity contribution in [1.29, 1.82) is 0 Å². The molecule has 1 aliphatic rings. The van der Waals surface area contributed by atoms with E-state index in [-0.39, 0.29) is 0 Å². The Hall–Kier alpha value is -1.39. The van der Waals surface area contributed by atoms with E-state index in [1.54, 1.807) is 0 Å². The average Bonchev–Trinajstić information content (AvgIpc) is 2.50. The van der Waals surface area contributed by atoms with Gasteiger partial charge in [0.15, 0.2) is 0 Å². The van der Waals surface area contributed by atoms with Gasteiger partial charge in [-0.2, -0.15) is 0 Å². The third-order valence-corrected chi connectivity index (χ3v) is 4.46. The Morgan fingerprint density at radius 2 is 1.64 bits per heavy atom. The maximum atomic E-state index is 11.8. The zero-order valence-corrected chi connectivity index (χ0v) is 14.0. The highest BCUT2D eigenvalue weighted by atomic mass is 16.4. The molecule has 0 aliphatic carbocycles.